The quantitative estimate of drug-likeness (QED) is 0.716. The third-order valence-corrected chi connectivity index (χ3v) is 5.65. The normalized spacial score (nSPS) is 15.6. The molecule has 8 nitrogen and oxygen atoms in total. The van der Waals surface area contributed by atoms with Crippen LogP contribution in [0.5, 0.6) is 0 Å². The van der Waals surface area contributed by atoms with Crippen LogP contribution in [0.15, 0.2) is 4.90 Å². The number of rotatable bonds is 7. The van der Waals surface area contributed by atoms with Crippen molar-refractivity contribution in [1.29, 1.82) is 0 Å². The maximum Gasteiger partial charge on any atom is 0.325 e. The highest BCUT2D eigenvalue weighted by Gasteiger charge is 2.40. The molecule has 0 aliphatic heterocycles. The predicted octanol–water partition coefficient (Wildman–Crippen LogP) is -0.270. The lowest BCUT2D eigenvalue weighted by Crippen LogP contribution is -2.36. The molecule has 1 aromatic heterocycles. The molecule has 0 spiro atoms. The zero-order valence-electron chi connectivity index (χ0n) is 12.0. The summed E-state index contributed by atoms with van der Waals surface area (Å²) in [5.74, 6) is -1.08. The first kappa shape index (κ1) is 15.9. The Morgan fingerprint density at radius 3 is 2.52 bits per heavy atom. The van der Waals surface area contributed by atoms with Gasteiger partial charge in [-0.25, -0.2) is 8.42 Å². The molecule has 0 bridgehead atoms. The Bertz CT molecular complexity index is 648. The van der Waals surface area contributed by atoms with Crippen molar-refractivity contribution in [2.24, 2.45) is 0 Å². The molecule has 9 heteroatoms. The molecule has 2 N–H and O–H groups in total. The van der Waals surface area contributed by atoms with Crippen LogP contribution < -0.4 is 0 Å². The Balaban J connectivity index is 2.44. The van der Waals surface area contributed by atoms with Gasteiger partial charge < -0.3 is 10.2 Å². The molecule has 1 saturated carbocycles. The van der Waals surface area contributed by atoms with Crippen molar-refractivity contribution in [3.05, 3.63) is 11.4 Å². The van der Waals surface area contributed by atoms with Gasteiger partial charge in [0.05, 0.1) is 18.0 Å². The SMILES string of the molecule is Cc1nn(CC(=O)O)c(C)c1S(=O)(=O)N(CCO)C1CC1. The van der Waals surface area contributed by atoms with Crippen LogP contribution in [0.1, 0.15) is 24.2 Å². The molecular weight excluding hydrogens is 298 g/mol. The summed E-state index contributed by atoms with van der Waals surface area (Å²) >= 11 is 0. The number of aryl methyl sites for hydroxylation is 1. The fraction of sp³-hybridized carbons (Fsp3) is 0.667. The summed E-state index contributed by atoms with van der Waals surface area (Å²) in [5.41, 5.74) is 0.579. The van der Waals surface area contributed by atoms with E-state index >= 15 is 0 Å². The van der Waals surface area contributed by atoms with E-state index in [4.69, 9.17) is 10.2 Å². The number of aliphatic carboxylic acids is 1. The topological polar surface area (TPSA) is 113 Å². The van der Waals surface area contributed by atoms with Crippen LogP contribution in [0.25, 0.3) is 0 Å². The molecule has 1 aromatic rings. The first-order chi connectivity index (χ1) is 9.78. The zero-order valence-corrected chi connectivity index (χ0v) is 12.8. The average molecular weight is 317 g/mol. The Morgan fingerprint density at radius 1 is 1.43 bits per heavy atom. The molecule has 0 radical (unpaired) electrons. The van der Waals surface area contributed by atoms with Gasteiger partial charge in [-0.1, -0.05) is 0 Å². The first-order valence-corrected chi connectivity index (χ1v) is 8.11. The monoisotopic (exact) mass is 317 g/mol. The Hall–Kier alpha value is -1.45. The van der Waals surface area contributed by atoms with E-state index in [2.05, 4.69) is 5.10 Å². The molecule has 118 valence electrons. The smallest absolute Gasteiger partial charge is 0.325 e. The van der Waals surface area contributed by atoms with E-state index in [1.54, 1.807) is 13.8 Å². The minimum atomic E-state index is -3.78. The second-order valence-corrected chi connectivity index (χ2v) is 6.95. The van der Waals surface area contributed by atoms with Crippen molar-refractivity contribution in [3.8, 4) is 0 Å². The van der Waals surface area contributed by atoms with Gasteiger partial charge in [0.2, 0.25) is 10.0 Å². The molecule has 1 aliphatic carbocycles. The molecule has 0 amide bonds. The van der Waals surface area contributed by atoms with Crippen LogP contribution in [0.3, 0.4) is 0 Å². The van der Waals surface area contributed by atoms with Crippen LogP contribution in [-0.4, -0.2) is 57.9 Å². The molecule has 1 fully saturated rings. The number of aliphatic hydroxyl groups excluding tert-OH is 1. The minimum absolute atomic E-state index is 0.0377. The number of hydrogen-bond donors (Lipinski definition) is 2. The molecule has 0 aromatic carbocycles. The molecular formula is C12H19N3O5S. The number of carbonyl (C=O) groups is 1. The van der Waals surface area contributed by atoms with Crippen LogP contribution in [0.2, 0.25) is 0 Å². The molecule has 2 rings (SSSR count). The highest BCUT2D eigenvalue weighted by atomic mass is 32.2. The van der Waals surface area contributed by atoms with Crippen molar-refractivity contribution in [2.45, 2.75) is 44.2 Å². The van der Waals surface area contributed by atoms with E-state index in [9.17, 15) is 13.2 Å². The van der Waals surface area contributed by atoms with Crippen molar-refractivity contribution >= 4 is 16.0 Å². The molecule has 1 heterocycles. The highest BCUT2D eigenvalue weighted by molar-refractivity contribution is 7.89. The Morgan fingerprint density at radius 2 is 2.05 bits per heavy atom. The zero-order chi connectivity index (χ0) is 15.8. The third-order valence-electron chi connectivity index (χ3n) is 3.44. The van der Waals surface area contributed by atoms with E-state index in [1.165, 1.54) is 8.99 Å². The highest BCUT2D eigenvalue weighted by Crippen LogP contribution is 2.33. The van der Waals surface area contributed by atoms with Gasteiger partial charge in [0, 0.05) is 12.6 Å². The number of carboxylic acid groups (broad SMARTS) is 1. The maximum atomic E-state index is 12.8. The van der Waals surface area contributed by atoms with E-state index in [1.807, 2.05) is 0 Å². The second kappa shape index (κ2) is 5.74. The molecule has 1 aliphatic rings. The summed E-state index contributed by atoms with van der Waals surface area (Å²) in [7, 11) is -3.78. The summed E-state index contributed by atoms with van der Waals surface area (Å²) in [6.45, 7) is 2.49. The van der Waals surface area contributed by atoms with Gasteiger partial charge in [-0.05, 0) is 26.7 Å². The summed E-state index contributed by atoms with van der Waals surface area (Å²) in [4.78, 5) is 10.8. The minimum Gasteiger partial charge on any atom is -0.480 e. The average Bonchev–Trinajstić information content (AvgIpc) is 3.13. The van der Waals surface area contributed by atoms with Crippen molar-refractivity contribution < 1.29 is 23.4 Å². The van der Waals surface area contributed by atoms with Crippen molar-refractivity contribution in [3.63, 3.8) is 0 Å². The summed E-state index contributed by atoms with van der Waals surface area (Å²) in [5, 5.41) is 21.9. The lowest BCUT2D eigenvalue weighted by molar-refractivity contribution is -0.137. The van der Waals surface area contributed by atoms with Gasteiger partial charge in [0.25, 0.3) is 0 Å². The van der Waals surface area contributed by atoms with Gasteiger partial charge in [0.1, 0.15) is 11.4 Å². The second-order valence-electron chi connectivity index (χ2n) is 5.12. The van der Waals surface area contributed by atoms with Gasteiger partial charge >= 0.3 is 5.97 Å². The van der Waals surface area contributed by atoms with Gasteiger partial charge in [-0.15, -0.1) is 0 Å². The summed E-state index contributed by atoms with van der Waals surface area (Å²) in [6.07, 6.45) is 1.56. The lowest BCUT2D eigenvalue weighted by atomic mass is 10.4. The van der Waals surface area contributed by atoms with E-state index in [0.717, 1.165) is 12.8 Å². The lowest BCUT2D eigenvalue weighted by Gasteiger charge is -2.21. The Kier molecular flexibility index (Phi) is 4.35. The molecule has 0 saturated heterocycles. The van der Waals surface area contributed by atoms with Crippen LogP contribution >= 0.6 is 0 Å². The Labute approximate surface area is 123 Å². The van der Waals surface area contributed by atoms with Gasteiger partial charge in [0.15, 0.2) is 0 Å². The van der Waals surface area contributed by atoms with Crippen molar-refractivity contribution in [2.75, 3.05) is 13.2 Å². The first-order valence-electron chi connectivity index (χ1n) is 6.67. The van der Waals surface area contributed by atoms with Crippen LogP contribution in [0.4, 0.5) is 0 Å². The van der Waals surface area contributed by atoms with E-state index < -0.39 is 16.0 Å². The van der Waals surface area contributed by atoms with Crippen LogP contribution in [-0.2, 0) is 21.4 Å². The summed E-state index contributed by atoms with van der Waals surface area (Å²) in [6, 6.07) is -0.0798. The van der Waals surface area contributed by atoms with Gasteiger partial charge in [-0.3, -0.25) is 9.48 Å². The molecule has 21 heavy (non-hydrogen) atoms. The number of nitrogens with zero attached hydrogens (tertiary/aromatic N) is 3. The predicted molar refractivity (Wildman–Crippen MR) is 73.3 cm³/mol. The van der Waals surface area contributed by atoms with Crippen molar-refractivity contribution in [1.82, 2.24) is 14.1 Å². The molecule has 0 unspecified atom stereocenters. The maximum absolute atomic E-state index is 12.8. The molecule has 0 atom stereocenters. The van der Waals surface area contributed by atoms with Crippen LogP contribution in [0, 0.1) is 13.8 Å². The van der Waals surface area contributed by atoms with Gasteiger partial charge in [-0.2, -0.15) is 9.40 Å². The number of sulfonamides is 1. The third kappa shape index (κ3) is 3.09. The number of aliphatic hydroxyl groups is 1. The fourth-order valence-corrected chi connectivity index (χ4v) is 4.47. The standard InChI is InChI=1S/C12H19N3O5S/c1-8-12(9(2)14(13-8)7-11(17)18)21(19,20)15(5-6-16)10-3-4-10/h10,16H,3-7H2,1-2H3,(H,17,18). The van der Waals surface area contributed by atoms with E-state index in [0.29, 0.717) is 5.69 Å². The summed E-state index contributed by atoms with van der Waals surface area (Å²) < 4.78 is 28.0. The fourth-order valence-electron chi connectivity index (χ4n) is 2.41. The van der Waals surface area contributed by atoms with E-state index in [-0.39, 0.29) is 36.3 Å². The largest absolute Gasteiger partial charge is 0.480 e. The number of aromatic nitrogens is 2. The number of carboxylic acids is 1. The number of hydrogen-bond acceptors (Lipinski definition) is 5.